The lowest BCUT2D eigenvalue weighted by Crippen LogP contribution is -2.12. The highest BCUT2D eigenvalue weighted by Gasteiger charge is 1.98. The van der Waals surface area contributed by atoms with Crippen LogP contribution in [0.25, 0.3) is 0 Å². The van der Waals surface area contributed by atoms with Crippen LogP contribution in [0.4, 0.5) is 0 Å². The number of hydrogen-bond acceptors (Lipinski definition) is 4. The van der Waals surface area contributed by atoms with Gasteiger partial charge < -0.3 is 14.7 Å². The monoisotopic (exact) mass is 243 g/mol. The first-order valence-electron chi connectivity index (χ1n) is 5.75. The highest BCUT2D eigenvalue weighted by molar-refractivity contribution is 5.90. The number of ether oxygens (including phenoxy) is 1. The van der Waals surface area contributed by atoms with Crippen molar-refractivity contribution in [1.82, 2.24) is 4.90 Å². The van der Waals surface area contributed by atoms with Gasteiger partial charge in [0.25, 0.3) is 0 Å². The van der Waals surface area contributed by atoms with Crippen LogP contribution in [0.5, 0.6) is 0 Å². The van der Waals surface area contributed by atoms with Crippen LogP contribution in [0.2, 0.25) is 0 Å². The van der Waals surface area contributed by atoms with Gasteiger partial charge in [0.15, 0.2) is 0 Å². The minimum atomic E-state index is -1.15. The van der Waals surface area contributed by atoms with E-state index in [0.717, 1.165) is 44.4 Å². The summed E-state index contributed by atoms with van der Waals surface area (Å²) in [5.41, 5.74) is 0. The van der Waals surface area contributed by atoms with Crippen molar-refractivity contribution in [1.29, 1.82) is 0 Å². The number of nitrogens with zero attached hydrogens (tertiary/aromatic N) is 1. The van der Waals surface area contributed by atoms with E-state index in [1.54, 1.807) is 0 Å². The number of unbranched alkanes of at least 4 members (excludes halogenated alkanes) is 3. The summed E-state index contributed by atoms with van der Waals surface area (Å²) in [5.74, 6) is -1.74. The normalized spacial score (nSPS) is 11.0. The van der Waals surface area contributed by atoms with Gasteiger partial charge in [-0.25, -0.2) is 9.59 Å². The molecule has 0 aliphatic rings. The Morgan fingerprint density at radius 1 is 1.12 bits per heavy atom. The molecule has 0 spiro atoms. The summed E-state index contributed by atoms with van der Waals surface area (Å²) < 4.78 is 4.82. The van der Waals surface area contributed by atoms with E-state index in [-0.39, 0.29) is 0 Å². The molecular weight excluding hydrogens is 222 g/mol. The molecule has 0 heterocycles. The van der Waals surface area contributed by atoms with Crippen molar-refractivity contribution in [3.8, 4) is 0 Å². The minimum absolute atomic E-state index is 0.352. The fraction of sp³-hybridized carbons (Fsp3) is 0.667. The Morgan fingerprint density at radius 2 is 1.76 bits per heavy atom. The fourth-order valence-electron chi connectivity index (χ4n) is 1.24. The average Bonchev–Trinajstić information content (AvgIpc) is 2.24. The molecule has 0 saturated heterocycles. The van der Waals surface area contributed by atoms with Crippen LogP contribution in [0.15, 0.2) is 12.2 Å². The van der Waals surface area contributed by atoms with Crippen molar-refractivity contribution >= 4 is 11.9 Å². The van der Waals surface area contributed by atoms with Gasteiger partial charge in [0.1, 0.15) is 0 Å². The lowest BCUT2D eigenvalue weighted by atomic mass is 10.2. The molecule has 0 aliphatic heterocycles. The number of carbonyl (C=O) groups excluding carboxylic acids is 1. The second-order valence-corrected chi connectivity index (χ2v) is 4.06. The van der Waals surface area contributed by atoms with Crippen LogP contribution in [0.1, 0.15) is 25.7 Å². The standard InChI is InChI=1S/C12H21NO4/c1-13(2)9-5-3-4-6-10-17-12(16)8-7-11(14)15/h7-8H,3-6,9-10H2,1-2H3,(H,14,15)/b8-7-. The lowest BCUT2D eigenvalue weighted by molar-refractivity contribution is -0.138. The van der Waals surface area contributed by atoms with E-state index in [0.29, 0.717) is 6.61 Å². The van der Waals surface area contributed by atoms with Crippen LogP contribution >= 0.6 is 0 Å². The number of aliphatic carboxylic acids is 1. The zero-order chi connectivity index (χ0) is 13.1. The molecule has 0 aromatic carbocycles. The molecule has 0 unspecified atom stereocenters. The smallest absolute Gasteiger partial charge is 0.331 e. The number of carboxylic acid groups (broad SMARTS) is 1. The SMILES string of the molecule is CN(C)CCCCCCOC(=O)/C=C\C(=O)O. The summed E-state index contributed by atoms with van der Waals surface area (Å²) >= 11 is 0. The van der Waals surface area contributed by atoms with Gasteiger partial charge in [0.05, 0.1) is 6.61 Å². The molecule has 0 bridgehead atoms. The zero-order valence-electron chi connectivity index (χ0n) is 10.5. The van der Waals surface area contributed by atoms with Crippen molar-refractivity contribution in [3.63, 3.8) is 0 Å². The Morgan fingerprint density at radius 3 is 2.35 bits per heavy atom. The molecule has 17 heavy (non-hydrogen) atoms. The van der Waals surface area contributed by atoms with E-state index in [4.69, 9.17) is 9.84 Å². The first kappa shape index (κ1) is 15.6. The first-order chi connectivity index (χ1) is 8.02. The van der Waals surface area contributed by atoms with Crippen LogP contribution in [0.3, 0.4) is 0 Å². The van der Waals surface area contributed by atoms with Crippen molar-refractivity contribution in [2.45, 2.75) is 25.7 Å². The summed E-state index contributed by atoms with van der Waals surface area (Å²) in [6, 6.07) is 0. The van der Waals surface area contributed by atoms with Crippen molar-refractivity contribution in [2.24, 2.45) is 0 Å². The van der Waals surface area contributed by atoms with Crippen LogP contribution in [0, 0.1) is 0 Å². The van der Waals surface area contributed by atoms with Gasteiger partial charge in [-0.15, -0.1) is 0 Å². The Kier molecular flexibility index (Phi) is 9.05. The Balaban J connectivity index is 3.34. The first-order valence-corrected chi connectivity index (χ1v) is 5.75. The van der Waals surface area contributed by atoms with Crippen molar-refractivity contribution in [2.75, 3.05) is 27.2 Å². The summed E-state index contributed by atoms with van der Waals surface area (Å²) in [4.78, 5) is 23.2. The van der Waals surface area contributed by atoms with E-state index in [9.17, 15) is 9.59 Å². The average molecular weight is 243 g/mol. The van der Waals surface area contributed by atoms with E-state index in [2.05, 4.69) is 4.90 Å². The molecule has 5 heteroatoms. The molecular formula is C12H21NO4. The second kappa shape index (κ2) is 9.84. The van der Waals surface area contributed by atoms with Crippen molar-refractivity contribution < 1.29 is 19.4 Å². The Labute approximate surface area is 102 Å². The molecule has 0 radical (unpaired) electrons. The van der Waals surface area contributed by atoms with Gasteiger partial charge in [-0.05, 0) is 33.5 Å². The molecule has 0 saturated carbocycles. The van der Waals surface area contributed by atoms with Gasteiger partial charge >= 0.3 is 11.9 Å². The number of carbonyl (C=O) groups is 2. The highest BCUT2D eigenvalue weighted by atomic mass is 16.5. The molecule has 1 N–H and O–H groups in total. The van der Waals surface area contributed by atoms with Gasteiger partial charge in [-0.3, -0.25) is 0 Å². The van der Waals surface area contributed by atoms with Crippen LogP contribution in [-0.4, -0.2) is 49.2 Å². The van der Waals surface area contributed by atoms with E-state index >= 15 is 0 Å². The number of carboxylic acids is 1. The predicted octanol–water partition coefficient (Wildman–Crippen LogP) is 1.29. The molecule has 0 aromatic rings. The van der Waals surface area contributed by atoms with Crippen molar-refractivity contribution in [3.05, 3.63) is 12.2 Å². The molecule has 0 aliphatic carbocycles. The van der Waals surface area contributed by atoms with Gasteiger partial charge in [-0.2, -0.15) is 0 Å². The maximum absolute atomic E-state index is 10.9. The third-order valence-electron chi connectivity index (χ3n) is 2.11. The Bertz CT molecular complexity index is 261. The fourth-order valence-corrected chi connectivity index (χ4v) is 1.24. The molecule has 0 fully saturated rings. The maximum atomic E-state index is 10.9. The lowest BCUT2D eigenvalue weighted by Gasteiger charge is -2.08. The molecule has 5 nitrogen and oxygen atoms in total. The van der Waals surface area contributed by atoms with E-state index < -0.39 is 11.9 Å². The topological polar surface area (TPSA) is 66.8 Å². The van der Waals surface area contributed by atoms with E-state index in [1.807, 2.05) is 14.1 Å². The Hall–Kier alpha value is -1.36. The van der Waals surface area contributed by atoms with E-state index in [1.165, 1.54) is 0 Å². The number of hydrogen-bond donors (Lipinski definition) is 1. The molecule has 0 aromatic heterocycles. The summed E-state index contributed by atoms with van der Waals surface area (Å²) in [6.45, 7) is 1.42. The quantitative estimate of drug-likeness (QED) is 0.375. The third-order valence-corrected chi connectivity index (χ3v) is 2.11. The van der Waals surface area contributed by atoms with Gasteiger partial charge in [0, 0.05) is 12.2 Å². The molecule has 0 atom stereocenters. The van der Waals surface area contributed by atoms with Gasteiger partial charge in [-0.1, -0.05) is 12.8 Å². The minimum Gasteiger partial charge on any atom is -0.478 e. The largest absolute Gasteiger partial charge is 0.478 e. The highest BCUT2D eigenvalue weighted by Crippen LogP contribution is 2.01. The third kappa shape index (κ3) is 12.6. The molecule has 98 valence electrons. The zero-order valence-corrected chi connectivity index (χ0v) is 10.5. The molecule has 0 amide bonds. The predicted molar refractivity (Wildman–Crippen MR) is 64.8 cm³/mol. The summed E-state index contributed by atoms with van der Waals surface area (Å²) in [6.07, 6.45) is 5.79. The molecule has 0 rings (SSSR count). The number of esters is 1. The summed E-state index contributed by atoms with van der Waals surface area (Å²) in [5, 5.41) is 8.28. The number of rotatable bonds is 9. The second-order valence-electron chi connectivity index (χ2n) is 4.06. The maximum Gasteiger partial charge on any atom is 0.331 e. The van der Waals surface area contributed by atoms with Crippen LogP contribution in [-0.2, 0) is 14.3 Å². The van der Waals surface area contributed by atoms with Crippen LogP contribution < -0.4 is 0 Å². The van der Waals surface area contributed by atoms with Gasteiger partial charge in [0.2, 0.25) is 0 Å². The summed E-state index contributed by atoms with van der Waals surface area (Å²) in [7, 11) is 4.08.